The van der Waals surface area contributed by atoms with Crippen LogP contribution in [-0.2, 0) is 28.6 Å². The summed E-state index contributed by atoms with van der Waals surface area (Å²) in [6, 6.07) is 0. The molecule has 0 saturated heterocycles. The number of hydrogen-bond acceptors (Lipinski definition) is 6. The van der Waals surface area contributed by atoms with E-state index in [4.69, 9.17) is 14.2 Å². The van der Waals surface area contributed by atoms with Gasteiger partial charge in [-0.05, 0) is 96.3 Å². The number of ether oxygens (including phenoxy) is 3. The van der Waals surface area contributed by atoms with Gasteiger partial charge in [-0.2, -0.15) is 0 Å². The van der Waals surface area contributed by atoms with Crippen molar-refractivity contribution >= 4 is 17.9 Å². The van der Waals surface area contributed by atoms with E-state index in [9.17, 15) is 14.4 Å². The molecule has 0 N–H and O–H groups in total. The Morgan fingerprint density at radius 3 is 0.813 bits per heavy atom. The average Bonchev–Trinajstić information content (AvgIpc) is 3.41. The molecule has 1 atom stereocenters. The minimum absolute atomic E-state index is 0.0760. The highest BCUT2D eigenvalue weighted by atomic mass is 16.6. The molecule has 0 spiro atoms. The van der Waals surface area contributed by atoms with E-state index in [0.29, 0.717) is 19.3 Å². The molecule has 0 saturated carbocycles. The number of unbranched alkanes of at least 4 members (excludes halogenated alkanes) is 42. The monoisotopic (exact) mass is 1050 g/mol. The lowest BCUT2D eigenvalue weighted by atomic mass is 10.0. The number of allylic oxidation sites excluding steroid dienone is 8. The van der Waals surface area contributed by atoms with Crippen LogP contribution in [0.25, 0.3) is 0 Å². The van der Waals surface area contributed by atoms with Gasteiger partial charge in [0.15, 0.2) is 6.10 Å². The molecular weight excluding hydrogens is 925 g/mol. The predicted molar refractivity (Wildman–Crippen MR) is 325 cm³/mol. The van der Waals surface area contributed by atoms with Gasteiger partial charge in [-0.1, -0.05) is 288 Å². The van der Waals surface area contributed by atoms with Gasteiger partial charge < -0.3 is 14.2 Å². The Morgan fingerprint density at radius 2 is 0.493 bits per heavy atom. The SMILES string of the molecule is CCCC/C=C\CCCCCCCC(=O)OCC(COC(=O)CCCCCCCCCCCCCCCCCCC/C=C\CCCCCCCCCC)OC(=O)CCCCCCCCC/C=C\C/C=C\CCCCC. The summed E-state index contributed by atoms with van der Waals surface area (Å²) in [6.45, 7) is 6.61. The lowest BCUT2D eigenvalue weighted by molar-refractivity contribution is -0.167. The molecule has 0 heterocycles. The molecule has 0 aliphatic carbocycles. The first-order valence-corrected chi connectivity index (χ1v) is 33.1. The molecule has 0 rings (SSSR count). The minimum atomic E-state index is -0.779. The molecular formula is C69H126O6. The number of esters is 3. The molecule has 6 heteroatoms. The first-order chi connectivity index (χ1) is 37.0. The van der Waals surface area contributed by atoms with E-state index in [1.807, 2.05) is 0 Å². The molecule has 0 bridgehead atoms. The summed E-state index contributed by atoms with van der Waals surface area (Å²) in [4.78, 5) is 38.2. The van der Waals surface area contributed by atoms with E-state index in [-0.39, 0.29) is 31.1 Å². The highest BCUT2D eigenvalue weighted by molar-refractivity contribution is 5.71. The third-order valence-corrected chi connectivity index (χ3v) is 14.8. The average molecular weight is 1050 g/mol. The fraction of sp³-hybridized carbons (Fsp3) is 0.841. The Labute approximate surface area is 467 Å². The highest BCUT2D eigenvalue weighted by Gasteiger charge is 2.19. The second-order valence-corrected chi connectivity index (χ2v) is 22.4. The smallest absolute Gasteiger partial charge is 0.306 e. The van der Waals surface area contributed by atoms with Crippen LogP contribution in [0.5, 0.6) is 0 Å². The molecule has 0 aromatic carbocycles. The Bertz CT molecular complexity index is 1300. The maximum Gasteiger partial charge on any atom is 0.306 e. The highest BCUT2D eigenvalue weighted by Crippen LogP contribution is 2.17. The van der Waals surface area contributed by atoms with Crippen molar-refractivity contribution in [3.63, 3.8) is 0 Å². The van der Waals surface area contributed by atoms with Crippen molar-refractivity contribution in [2.75, 3.05) is 13.2 Å². The van der Waals surface area contributed by atoms with E-state index in [0.717, 1.165) is 77.0 Å². The zero-order valence-electron chi connectivity index (χ0n) is 50.3. The van der Waals surface area contributed by atoms with Crippen LogP contribution < -0.4 is 0 Å². The first kappa shape index (κ1) is 72.4. The van der Waals surface area contributed by atoms with Crippen molar-refractivity contribution in [1.82, 2.24) is 0 Å². The van der Waals surface area contributed by atoms with E-state index in [2.05, 4.69) is 69.4 Å². The number of carbonyl (C=O) groups excluding carboxylic acids is 3. The molecule has 6 nitrogen and oxygen atoms in total. The van der Waals surface area contributed by atoms with Gasteiger partial charge in [0.25, 0.3) is 0 Å². The summed E-state index contributed by atoms with van der Waals surface area (Å²) >= 11 is 0. The summed E-state index contributed by atoms with van der Waals surface area (Å²) in [5.41, 5.74) is 0. The fourth-order valence-electron chi connectivity index (χ4n) is 9.75. The largest absolute Gasteiger partial charge is 0.462 e. The topological polar surface area (TPSA) is 78.9 Å². The van der Waals surface area contributed by atoms with Gasteiger partial charge in [0, 0.05) is 19.3 Å². The molecule has 0 aliphatic rings. The summed E-state index contributed by atoms with van der Waals surface area (Å²) in [5.74, 6) is -0.876. The molecule has 438 valence electrons. The number of carbonyl (C=O) groups is 3. The van der Waals surface area contributed by atoms with Crippen molar-refractivity contribution in [1.29, 1.82) is 0 Å². The van der Waals surface area contributed by atoms with Crippen LogP contribution in [0.4, 0.5) is 0 Å². The van der Waals surface area contributed by atoms with E-state index < -0.39 is 6.10 Å². The maximum absolute atomic E-state index is 12.9. The normalized spacial score (nSPS) is 12.3. The molecule has 75 heavy (non-hydrogen) atoms. The molecule has 0 aliphatic heterocycles. The summed E-state index contributed by atoms with van der Waals surface area (Å²) in [6.07, 6.45) is 80.0. The van der Waals surface area contributed by atoms with Crippen molar-refractivity contribution in [2.45, 2.75) is 361 Å². The van der Waals surface area contributed by atoms with Gasteiger partial charge in [0.1, 0.15) is 13.2 Å². The van der Waals surface area contributed by atoms with Gasteiger partial charge >= 0.3 is 17.9 Å². The maximum atomic E-state index is 12.9. The molecule has 0 amide bonds. The first-order valence-electron chi connectivity index (χ1n) is 33.1. The van der Waals surface area contributed by atoms with E-state index >= 15 is 0 Å². The lowest BCUT2D eigenvalue weighted by Gasteiger charge is -2.18. The predicted octanol–water partition coefficient (Wildman–Crippen LogP) is 22.6. The fourth-order valence-corrected chi connectivity index (χ4v) is 9.75. The molecule has 0 aromatic heterocycles. The molecule has 0 aromatic rings. The number of hydrogen-bond donors (Lipinski definition) is 0. The Hall–Kier alpha value is -2.63. The summed E-state index contributed by atoms with van der Waals surface area (Å²) in [5, 5.41) is 0. The van der Waals surface area contributed by atoms with Crippen LogP contribution in [0, 0.1) is 0 Å². The van der Waals surface area contributed by atoms with Crippen LogP contribution in [0.2, 0.25) is 0 Å². The standard InChI is InChI=1S/C69H126O6/c1-4-7-10-13-16-19-22-24-26-28-29-30-31-32-33-34-35-36-37-38-39-41-42-44-47-50-53-56-59-62-68(71)74-65-66(64-73-67(70)61-58-55-52-49-46-21-18-15-12-9-6-3)75-69(72)63-60-57-54-51-48-45-43-40-27-25-23-20-17-14-11-8-5-2/h15,17-18,20,25,27-29,66H,4-14,16,19,21-24,26,30-65H2,1-3H3/b18-15-,20-17-,27-25-,29-28-. The van der Waals surface area contributed by atoms with Crippen LogP contribution in [0.1, 0.15) is 355 Å². The van der Waals surface area contributed by atoms with Gasteiger partial charge in [0.05, 0.1) is 0 Å². The van der Waals surface area contributed by atoms with Crippen molar-refractivity contribution in [2.24, 2.45) is 0 Å². The Morgan fingerprint density at radius 1 is 0.267 bits per heavy atom. The van der Waals surface area contributed by atoms with E-state index in [1.165, 1.54) is 238 Å². The third-order valence-electron chi connectivity index (χ3n) is 14.8. The number of rotatable bonds is 61. The molecule has 0 fully saturated rings. The zero-order valence-corrected chi connectivity index (χ0v) is 50.3. The van der Waals surface area contributed by atoms with Gasteiger partial charge in [0.2, 0.25) is 0 Å². The lowest BCUT2D eigenvalue weighted by Crippen LogP contribution is -2.30. The van der Waals surface area contributed by atoms with Gasteiger partial charge in [-0.15, -0.1) is 0 Å². The summed E-state index contributed by atoms with van der Waals surface area (Å²) < 4.78 is 16.9. The summed E-state index contributed by atoms with van der Waals surface area (Å²) in [7, 11) is 0. The molecule has 0 radical (unpaired) electrons. The van der Waals surface area contributed by atoms with E-state index in [1.54, 1.807) is 0 Å². The van der Waals surface area contributed by atoms with Crippen LogP contribution in [0.15, 0.2) is 48.6 Å². The zero-order chi connectivity index (χ0) is 54.3. The molecule has 1 unspecified atom stereocenters. The van der Waals surface area contributed by atoms with Crippen LogP contribution >= 0.6 is 0 Å². The van der Waals surface area contributed by atoms with Gasteiger partial charge in [-0.25, -0.2) is 0 Å². The van der Waals surface area contributed by atoms with Crippen LogP contribution in [-0.4, -0.2) is 37.2 Å². The van der Waals surface area contributed by atoms with Gasteiger partial charge in [-0.3, -0.25) is 14.4 Å². The quantitative estimate of drug-likeness (QED) is 0.0261. The third kappa shape index (κ3) is 62.1. The second kappa shape index (κ2) is 63.9. The van der Waals surface area contributed by atoms with Crippen molar-refractivity contribution in [3.05, 3.63) is 48.6 Å². The minimum Gasteiger partial charge on any atom is -0.462 e. The van der Waals surface area contributed by atoms with Crippen LogP contribution in [0.3, 0.4) is 0 Å². The van der Waals surface area contributed by atoms with Crippen molar-refractivity contribution < 1.29 is 28.6 Å². The Balaban J connectivity index is 4.15. The second-order valence-electron chi connectivity index (χ2n) is 22.4. The Kier molecular flexibility index (Phi) is 61.7. The van der Waals surface area contributed by atoms with Crippen molar-refractivity contribution in [3.8, 4) is 0 Å².